The second kappa shape index (κ2) is 6.66. The van der Waals surface area contributed by atoms with Gasteiger partial charge >= 0.3 is 0 Å². The molecule has 0 aromatic rings. The molecule has 0 saturated heterocycles. The standard InChI is InChI=1S/C12H15/c1-2-4-6-8-10-12-11-9-7-5-3-1/h1-6,10H,7,9,11-12H2. The van der Waals surface area contributed by atoms with Crippen LogP contribution < -0.4 is 0 Å². The van der Waals surface area contributed by atoms with Gasteiger partial charge in [-0.2, -0.15) is 0 Å². The molecule has 0 heterocycles. The summed E-state index contributed by atoms with van der Waals surface area (Å²) in [6.45, 7) is 0. The third-order valence-corrected chi connectivity index (χ3v) is 1.75. The minimum atomic E-state index is 1.15. The van der Waals surface area contributed by atoms with Gasteiger partial charge in [-0.05, 0) is 31.8 Å². The molecule has 63 valence electrons. The third kappa shape index (κ3) is 4.73. The van der Waals surface area contributed by atoms with E-state index in [1.807, 2.05) is 18.2 Å². The van der Waals surface area contributed by atoms with Crippen LogP contribution in [0.4, 0.5) is 0 Å². The highest BCUT2D eigenvalue weighted by molar-refractivity contribution is 5.13. The van der Waals surface area contributed by atoms with Crippen molar-refractivity contribution in [2.75, 3.05) is 0 Å². The average molecular weight is 159 g/mol. The number of rotatable bonds is 0. The Labute approximate surface area is 75.0 Å². The zero-order valence-electron chi connectivity index (χ0n) is 7.37. The summed E-state index contributed by atoms with van der Waals surface area (Å²) in [6.07, 6.45) is 22.5. The van der Waals surface area contributed by atoms with Crippen LogP contribution in [0, 0.1) is 6.08 Å². The summed E-state index contributed by atoms with van der Waals surface area (Å²) in [5, 5.41) is 0. The van der Waals surface area contributed by atoms with Crippen LogP contribution in [0.25, 0.3) is 0 Å². The highest BCUT2D eigenvalue weighted by atomic mass is 13.9. The average Bonchev–Trinajstić information content (AvgIpc) is 2.05. The van der Waals surface area contributed by atoms with Gasteiger partial charge in [0.15, 0.2) is 0 Å². The van der Waals surface area contributed by atoms with E-state index >= 15 is 0 Å². The van der Waals surface area contributed by atoms with Gasteiger partial charge in [-0.1, -0.05) is 42.5 Å². The van der Waals surface area contributed by atoms with Crippen molar-refractivity contribution in [1.29, 1.82) is 0 Å². The summed E-state index contributed by atoms with van der Waals surface area (Å²) in [6, 6.07) is 0. The van der Waals surface area contributed by atoms with Crippen LogP contribution in [-0.4, -0.2) is 0 Å². The lowest BCUT2D eigenvalue weighted by Crippen LogP contribution is -1.72. The Morgan fingerprint density at radius 1 is 0.833 bits per heavy atom. The van der Waals surface area contributed by atoms with Crippen LogP contribution in [-0.2, 0) is 0 Å². The molecule has 0 fully saturated rings. The Morgan fingerprint density at radius 2 is 1.67 bits per heavy atom. The second-order valence-electron chi connectivity index (χ2n) is 2.83. The summed E-state index contributed by atoms with van der Waals surface area (Å²) in [5.74, 6) is 0. The maximum atomic E-state index is 3.12. The molecule has 0 aromatic carbocycles. The van der Waals surface area contributed by atoms with Crippen LogP contribution >= 0.6 is 0 Å². The van der Waals surface area contributed by atoms with Gasteiger partial charge in [0.1, 0.15) is 0 Å². The Morgan fingerprint density at radius 3 is 2.67 bits per heavy atom. The van der Waals surface area contributed by atoms with Gasteiger partial charge in [-0.3, -0.25) is 0 Å². The zero-order valence-corrected chi connectivity index (χ0v) is 7.37. The SMILES string of the molecule is [C]1=CCCCCC=CC=CC=C1. The predicted octanol–water partition coefficient (Wildman–Crippen LogP) is 3.59. The smallest absolute Gasteiger partial charge is 0.0227 e. The lowest BCUT2D eigenvalue weighted by Gasteiger charge is -1.92. The summed E-state index contributed by atoms with van der Waals surface area (Å²) >= 11 is 0. The zero-order chi connectivity index (χ0) is 8.49. The van der Waals surface area contributed by atoms with Gasteiger partial charge in [0, 0.05) is 0 Å². The molecule has 0 bridgehead atoms. The molecular formula is C12H15. The molecule has 1 aliphatic rings. The van der Waals surface area contributed by atoms with Gasteiger partial charge in [-0.25, -0.2) is 0 Å². The van der Waals surface area contributed by atoms with Crippen LogP contribution in [0.3, 0.4) is 0 Å². The molecule has 0 aliphatic heterocycles. The van der Waals surface area contributed by atoms with Crippen molar-refractivity contribution in [3.8, 4) is 0 Å². The highest BCUT2D eigenvalue weighted by Gasteiger charge is 1.82. The van der Waals surface area contributed by atoms with Crippen molar-refractivity contribution >= 4 is 0 Å². The minimum absolute atomic E-state index is 1.15. The van der Waals surface area contributed by atoms with E-state index in [9.17, 15) is 0 Å². The van der Waals surface area contributed by atoms with Crippen LogP contribution in [0.15, 0.2) is 42.5 Å². The lowest BCUT2D eigenvalue weighted by molar-refractivity contribution is 0.761. The Bertz CT molecular complexity index is 180. The van der Waals surface area contributed by atoms with Crippen molar-refractivity contribution in [2.24, 2.45) is 0 Å². The first-order valence-corrected chi connectivity index (χ1v) is 4.56. The first-order chi connectivity index (χ1) is 6.00. The van der Waals surface area contributed by atoms with Crippen LogP contribution in [0.2, 0.25) is 0 Å². The van der Waals surface area contributed by atoms with Gasteiger partial charge in [-0.15, -0.1) is 0 Å². The largest absolute Gasteiger partial charge is 0.0845 e. The number of hydrogen-bond donors (Lipinski definition) is 0. The van der Waals surface area contributed by atoms with E-state index in [1.165, 1.54) is 19.3 Å². The maximum Gasteiger partial charge on any atom is -0.0227 e. The van der Waals surface area contributed by atoms with Crippen LogP contribution in [0.5, 0.6) is 0 Å². The van der Waals surface area contributed by atoms with E-state index in [0.29, 0.717) is 0 Å². The van der Waals surface area contributed by atoms with Crippen molar-refractivity contribution in [2.45, 2.75) is 25.7 Å². The molecule has 0 atom stereocenters. The molecule has 1 rings (SSSR count). The summed E-state index contributed by atoms with van der Waals surface area (Å²) < 4.78 is 0. The quantitative estimate of drug-likeness (QED) is 0.506. The van der Waals surface area contributed by atoms with E-state index in [0.717, 1.165) is 6.42 Å². The summed E-state index contributed by atoms with van der Waals surface area (Å²) in [7, 11) is 0. The first-order valence-electron chi connectivity index (χ1n) is 4.56. The highest BCUT2D eigenvalue weighted by Crippen LogP contribution is 2.02. The monoisotopic (exact) mass is 159 g/mol. The van der Waals surface area contributed by atoms with Crippen molar-refractivity contribution in [3.05, 3.63) is 48.6 Å². The molecule has 0 aromatic heterocycles. The van der Waals surface area contributed by atoms with E-state index in [2.05, 4.69) is 30.4 Å². The van der Waals surface area contributed by atoms with Gasteiger partial charge in [0.25, 0.3) is 0 Å². The molecule has 0 nitrogen and oxygen atoms in total. The molecule has 0 N–H and O–H groups in total. The van der Waals surface area contributed by atoms with Crippen molar-refractivity contribution in [1.82, 2.24) is 0 Å². The molecule has 0 saturated carbocycles. The Balaban J connectivity index is 2.43. The van der Waals surface area contributed by atoms with Crippen molar-refractivity contribution in [3.63, 3.8) is 0 Å². The van der Waals surface area contributed by atoms with Gasteiger partial charge < -0.3 is 0 Å². The minimum Gasteiger partial charge on any atom is -0.0845 e. The molecule has 12 heavy (non-hydrogen) atoms. The fraction of sp³-hybridized carbons (Fsp3) is 0.333. The lowest BCUT2D eigenvalue weighted by atomic mass is 10.1. The summed E-state index contributed by atoms with van der Waals surface area (Å²) in [4.78, 5) is 0. The molecule has 1 aliphatic carbocycles. The van der Waals surface area contributed by atoms with Crippen LogP contribution in [0.1, 0.15) is 25.7 Å². The van der Waals surface area contributed by atoms with E-state index in [4.69, 9.17) is 0 Å². The summed E-state index contributed by atoms with van der Waals surface area (Å²) in [5.41, 5.74) is 0. The number of allylic oxidation sites excluding steroid dienone is 8. The fourth-order valence-electron chi connectivity index (χ4n) is 1.07. The Hall–Kier alpha value is -1.04. The molecular weight excluding hydrogens is 144 g/mol. The molecule has 0 amide bonds. The predicted molar refractivity (Wildman–Crippen MR) is 53.7 cm³/mol. The first kappa shape index (κ1) is 9.05. The maximum absolute atomic E-state index is 3.12. The topological polar surface area (TPSA) is 0 Å². The van der Waals surface area contributed by atoms with Gasteiger partial charge in [0.05, 0.1) is 0 Å². The fourth-order valence-corrected chi connectivity index (χ4v) is 1.07. The molecule has 0 spiro atoms. The van der Waals surface area contributed by atoms with Crippen molar-refractivity contribution < 1.29 is 0 Å². The molecule has 1 radical (unpaired) electrons. The Kier molecular flexibility index (Phi) is 5.02. The van der Waals surface area contributed by atoms with Gasteiger partial charge in [0.2, 0.25) is 0 Å². The normalized spacial score (nSPS) is 18.7. The van der Waals surface area contributed by atoms with E-state index < -0.39 is 0 Å². The van der Waals surface area contributed by atoms with E-state index in [1.54, 1.807) is 0 Å². The number of hydrogen-bond acceptors (Lipinski definition) is 0. The molecule has 0 unspecified atom stereocenters. The second-order valence-corrected chi connectivity index (χ2v) is 2.83. The van der Waals surface area contributed by atoms with E-state index in [-0.39, 0.29) is 0 Å². The third-order valence-electron chi connectivity index (χ3n) is 1.75. The molecule has 0 heteroatoms.